The quantitative estimate of drug-likeness (QED) is 0.764. The molecule has 3 nitrogen and oxygen atoms in total. The summed E-state index contributed by atoms with van der Waals surface area (Å²) in [7, 11) is -1.52. The number of para-hydroxylation sites is 1. The molecule has 17 heavy (non-hydrogen) atoms. The molecule has 0 aliphatic heterocycles. The lowest BCUT2D eigenvalue weighted by Gasteiger charge is -2.13. The first kappa shape index (κ1) is 12.0. The highest BCUT2D eigenvalue weighted by molar-refractivity contribution is 6.88. The largest absolute Gasteiger partial charge is 0.215 e. The fraction of sp³-hybridized carbons (Fsp3) is 0.333. The minimum atomic E-state index is -1.52. The second-order valence-electron chi connectivity index (χ2n) is 5.14. The van der Waals surface area contributed by atoms with Crippen LogP contribution in [0, 0.1) is 12.7 Å². The van der Waals surface area contributed by atoms with Gasteiger partial charge >= 0.3 is 0 Å². The van der Waals surface area contributed by atoms with E-state index < -0.39 is 8.07 Å². The van der Waals surface area contributed by atoms with Gasteiger partial charge in [0, 0.05) is 0 Å². The Balaban J connectivity index is 2.56. The standard InChI is InChI=1S/C12H16FN3Si/c1-9-12(17(2,3)4)14-15-16(9)11-8-6-5-7-10(11)13/h5-8H,1-4H3. The van der Waals surface area contributed by atoms with Gasteiger partial charge < -0.3 is 0 Å². The number of aromatic nitrogens is 3. The number of benzene rings is 1. The Morgan fingerprint density at radius 1 is 1.18 bits per heavy atom. The molecule has 2 rings (SSSR count). The van der Waals surface area contributed by atoms with Crippen LogP contribution in [0.5, 0.6) is 0 Å². The predicted molar refractivity (Wildman–Crippen MR) is 69.0 cm³/mol. The molecule has 0 amide bonds. The lowest BCUT2D eigenvalue weighted by molar-refractivity contribution is 0.604. The van der Waals surface area contributed by atoms with Gasteiger partial charge in [-0.05, 0) is 19.1 Å². The maximum absolute atomic E-state index is 13.7. The zero-order chi connectivity index (χ0) is 12.6. The molecule has 1 aromatic carbocycles. The molecule has 0 bridgehead atoms. The molecule has 5 heteroatoms. The summed E-state index contributed by atoms with van der Waals surface area (Å²) in [5, 5.41) is 9.32. The van der Waals surface area contributed by atoms with Gasteiger partial charge in [0.25, 0.3) is 0 Å². The third kappa shape index (κ3) is 2.15. The molecular formula is C12H16FN3Si. The summed E-state index contributed by atoms with van der Waals surface area (Å²) in [6.45, 7) is 8.56. The molecule has 0 aliphatic rings. The van der Waals surface area contributed by atoms with Crippen molar-refractivity contribution >= 4 is 13.4 Å². The first-order valence-corrected chi connectivity index (χ1v) is 9.09. The molecular weight excluding hydrogens is 233 g/mol. The molecule has 2 aromatic rings. The summed E-state index contributed by atoms with van der Waals surface area (Å²) in [4.78, 5) is 0. The molecule has 1 heterocycles. The fourth-order valence-corrected chi connectivity index (χ4v) is 3.41. The Labute approximate surface area is 101 Å². The van der Waals surface area contributed by atoms with Crippen molar-refractivity contribution in [3.8, 4) is 5.69 Å². The average molecular weight is 249 g/mol. The maximum Gasteiger partial charge on any atom is 0.148 e. The average Bonchev–Trinajstić information content (AvgIpc) is 2.60. The minimum absolute atomic E-state index is 0.275. The maximum atomic E-state index is 13.7. The predicted octanol–water partition coefficient (Wildman–Crippen LogP) is 2.26. The lowest BCUT2D eigenvalue weighted by Crippen LogP contribution is -2.40. The van der Waals surface area contributed by atoms with E-state index in [9.17, 15) is 4.39 Å². The van der Waals surface area contributed by atoms with Crippen LogP contribution in [0.2, 0.25) is 19.6 Å². The molecule has 0 radical (unpaired) electrons. The van der Waals surface area contributed by atoms with Crippen LogP contribution < -0.4 is 5.32 Å². The van der Waals surface area contributed by atoms with Crippen molar-refractivity contribution < 1.29 is 4.39 Å². The molecule has 0 aliphatic carbocycles. The van der Waals surface area contributed by atoms with E-state index in [4.69, 9.17) is 0 Å². The van der Waals surface area contributed by atoms with Crippen molar-refractivity contribution in [2.24, 2.45) is 0 Å². The Morgan fingerprint density at radius 3 is 2.35 bits per heavy atom. The van der Waals surface area contributed by atoms with Gasteiger partial charge in [0.2, 0.25) is 0 Å². The summed E-state index contributed by atoms with van der Waals surface area (Å²) in [5.74, 6) is -0.275. The van der Waals surface area contributed by atoms with Gasteiger partial charge in [-0.1, -0.05) is 37.0 Å². The van der Waals surface area contributed by atoms with Gasteiger partial charge in [-0.2, -0.15) is 0 Å². The number of rotatable bonds is 2. The van der Waals surface area contributed by atoms with E-state index >= 15 is 0 Å². The van der Waals surface area contributed by atoms with E-state index in [-0.39, 0.29) is 5.82 Å². The number of halogens is 1. The summed E-state index contributed by atoms with van der Waals surface area (Å²) >= 11 is 0. The third-order valence-electron chi connectivity index (χ3n) is 2.69. The zero-order valence-electron chi connectivity index (χ0n) is 10.5. The smallest absolute Gasteiger partial charge is 0.148 e. The van der Waals surface area contributed by atoms with E-state index in [0.717, 1.165) is 11.0 Å². The first-order valence-electron chi connectivity index (χ1n) is 5.59. The molecule has 0 unspecified atom stereocenters. The van der Waals surface area contributed by atoms with Crippen LogP contribution in [0.3, 0.4) is 0 Å². The van der Waals surface area contributed by atoms with Crippen LogP contribution in [-0.2, 0) is 0 Å². The lowest BCUT2D eigenvalue weighted by atomic mass is 10.3. The van der Waals surface area contributed by atoms with Crippen LogP contribution >= 0.6 is 0 Å². The van der Waals surface area contributed by atoms with Crippen molar-refractivity contribution in [1.82, 2.24) is 15.0 Å². The summed E-state index contributed by atoms with van der Waals surface area (Å²) in [6.07, 6.45) is 0. The SMILES string of the molecule is Cc1c([Si](C)(C)C)nnn1-c1ccccc1F. The number of hydrogen-bond acceptors (Lipinski definition) is 2. The van der Waals surface area contributed by atoms with E-state index in [2.05, 4.69) is 30.0 Å². The highest BCUT2D eigenvalue weighted by Crippen LogP contribution is 2.14. The highest BCUT2D eigenvalue weighted by atomic mass is 28.3. The van der Waals surface area contributed by atoms with Gasteiger partial charge in [0.15, 0.2) is 0 Å². The zero-order valence-corrected chi connectivity index (χ0v) is 11.5. The van der Waals surface area contributed by atoms with Crippen LogP contribution in [0.4, 0.5) is 4.39 Å². The van der Waals surface area contributed by atoms with Gasteiger partial charge in [0.1, 0.15) is 19.6 Å². The molecule has 1 aromatic heterocycles. The number of hydrogen-bond donors (Lipinski definition) is 0. The van der Waals surface area contributed by atoms with Gasteiger partial charge in [-0.15, -0.1) is 5.10 Å². The third-order valence-corrected chi connectivity index (χ3v) is 4.57. The first-order chi connectivity index (χ1) is 7.91. The van der Waals surface area contributed by atoms with E-state index in [1.807, 2.05) is 6.92 Å². The van der Waals surface area contributed by atoms with Crippen LogP contribution in [-0.4, -0.2) is 23.1 Å². The van der Waals surface area contributed by atoms with Crippen molar-refractivity contribution in [3.05, 3.63) is 35.8 Å². The highest BCUT2D eigenvalue weighted by Gasteiger charge is 2.25. The molecule has 0 saturated heterocycles. The second-order valence-corrected chi connectivity index (χ2v) is 10.1. The van der Waals surface area contributed by atoms with Gasteiger partial charge in [-0.3, -0.25) is 0 Å². The van der Waals surface area contributed by atoms with Crippen molar-refractivity contribution in [3.63, 3.8) is 0 Å². The molecule has 0 spiro atoms. The monoisotopic (exact) mass is 249 g/mol. The minimum Gasteiger partial charge on any atom is -0.215 e. The summed E-state index contributed by atoms with van der Waals surface area (Å²) in [5.41, 5.74) is 1.40. The topological polar surface area (TPSA) is 30.7 Å². The van der Waals surface area contributed by atoms with Crippen LogP contribution in [0.1, 0.15) is 5.69 Å². The van der Waals surface area contributed by atoms with E-state index in [1.54, 1.807) is 22.9 Å². The Kier molecular flexibility index (Phi) is 2.87. The summed E-state index contributed by atoms with van der Waals surface area (Å²) < 4.78 is 15.3. The normalized spacial score (nSPS) is 11.8. The fourth-order valence-electron chi connectivity index (χ4n) is 1.87. The van der Waals surface area contributed by atoms with Crippen LogP contribution in [0.25, 0.3) is 5.69 Å². The molecule has 0 saturated carbocycles. The van der Waals surface area contributed by atoms with Crippen molar-refractivity contribution in [2.45, 2.75) is 26.6 Å². The second kappa shape index (κ2) is 4.07. The summed E-state index contributed by atoms with van der Waals surface area (Å²) in [6, 6.07) is 6.62. The van der Waals surface area contributed by atoms with Gasteiger partial charge in [0.05, 0.1) is 11.0 Å². The van der Waals surface area contributed by atoms with Gasteiger partial charge in [-0.25, -0.2) is 9.07 Å². The van der Waals surface area contributed by atoms with Crippen molar-refractivity contribution in [2.75, 3.05) is 0 Å². The number of nitrogens with zero attached hydrogens (tertiary/aromatic N) is 3. The van der Waals surface area contributed by atoms with E-state index in [0.29, 0.717) is 5.69 Å². The van der Waals surface area contributed by atoms with Crippen molar-refractivity contribution in [1.29, 1.82) is 0 Å². The van der Waals surface area contributed by atoms with Crippen LogP contribution in [0.15, 0.2) is 24.3 Å². The molecule has 0 atom stereocenters. The molecule has 0 fully saturated rings. The molecule has 0 N–H and O–H groups in total. The Bertz CT molecular complexity index is 543. The Hall–Kier alpha value is -1.49. The molecule has 90 valence electrons. The Morgan fingerprint density at radius 2 is 1.82 bits per heavy atom. The van der Waals surface area contributed by atoms with E-state index in [1.165, 1.54) is 6.07 Å².